The Hall–Kier alpha value is -2.82. The monoisotopic (exact) mass is 349 g/mol. The van der Waals surface area contributed by atoms with Crippen LogP contribution in [0.3, 0.4) is 0 Å². The zero-order valence-corrected chi connectivity index (χ0v) is 14.8. The summed E-state index contributed by atoms with van der Waals surface area (Å²) in [6.45, 7) is 2.06. The van der Waals surface area contributed by atoms with E-state index in [2.05, 4.69) is 11.4 Å². The molecule has 0 aromatic heterocycles. The number of para-hydroxylation sites is 1. The molecular formula is C21H23N3O2. The lowest BCUT2D eigenvalue weighted by molar-refractivity contribution is 0.0986. The van der Waals surface area contributed by atoms with Gasteiger partial charge < -0.3 is 10.2 Å². The molecule has 2 aromatic carbocycles. The molecule has 1 N–H and O–H groups in total. The summed E-state index contributed by atoms with van der Waals surface area (Å²) >= 11 is 0. The van der Waals surface area contributed by atoms with E-state index in [0.29, 0.717) is 18.7 Å². The highest BCUT2D eigenvalue weighted by molar-refractivity contribution is 6.07. The number of hydrogen-bond donors (Lipinski definition) is 1. The van der Waals surface area contributed by atoms with Gasteiger partial charge in [-0.15, -0.1) is 0 Å². The smallest absolute Gasteiger partial charge is 0.321 e. The van der Waals surface area contributed by atoms with Crippen molar-refractivity contribution in [3.63, 3.8) is 0 Å². The van der Waals surface area contributed by atoms with Gasteiger partial charge in [0, 0.05) is 36.6 Å². The van der Waals surface area contributed by atoms with Crippen LogP contribution in [0.15, 0.2) is 48.5 Å². The van der Waals surface area contributed by atoms with Gasteiger partial charge in [0.1, 0.15) is 0 Å². The quantitative estimate of drug-likeness (QED) is 0.901. The number of aryl methyl sites for hydroxylation is 1. The number of urea groups is 1. The van der Waals surface area contributed by atoms with Crippen molar-refractivity contribution in [3.05, 3.63) is 59.7 Å². The number of benzene rings is 2. The standard InChI is InChI=1S/C21H23N3O2/c25-20(17-9-11-18(12-10-17)23-15-13-22-21(23)26)24-14-5-1-2-6-16-7-3-4-8-19(16)24/h3-4,7-12H,1-2,5-6,13-15H2,(H,22,26). The first kappa shape index (κ1) is 16.6. The fraction of sp³-hybridized carbons (Fsp3) is 0.333. The van der Waals surface area contributed by atoms with Crippen molar-refractivity contribution in [2.75, 3.05) is 29.4 Å². The number of rotatable bonds is 2. The van der Waals surface area contributed by atoms with E-state index < -0.39 is 0 Å². The molecule has 0 aliphatic carbocycles. The highest BCUT2D eigenvalue weighted by Gasteiger charge is 2.23. The SMILES string of the molecule is O=C1NCCN1c1ccc(C(=O)N2CCCCCc3ccccc32)cc1. The Labute approximate surface area is 153 Å². The van der Waals surface area contributed by atoms with Gasteiger partial charge in [-0.2, -0.15) is 0 Å². The Kier molecular flexibility index (Phi) is 4.61. The van der Waals surface area contributed by atoms with Gasteiger partial charge in [0.2, 0.25) is 0 Å². The van der Waals surface area contributed by atoms with Crippen LogP contribution in [-0.4, -0.2) is 31.6 Å². The predicted molar refractivity (Wildman–Crippen MR) is 103 cm³/mol. The third kappa shape index (κ3) is 3.17. The van der Waals surface area contributed by atoms with Crippen molar-refractivity contribution >= 4 is 23.3 Å². The van der Waals surface area contributed by atoms with E-state index in [0.717, 1.165) is 37.2 Å². The summed E-state index contributed by atoms with van der Waals surface area (Å²) in [7, 11) is 0. The predicted octanol–water partition coefficient (Wildman–Crippen LogP) is 3.59. The third-order valence-corrected chi connectivity index (χ3v) is 5.14. The van der Waals surface area contributed by atoms with E-state index >= 15 is 0 Å². The van der Waals surface area contributed by atoms with E-state index in [9.17, 15) is 9.59 Å². The maximum atomic E-state index is 13.2. The van der Waals surface area contributed by atoms with Gasteiger partial charge in [-0.1, -0.05) is 24.6 Å². The molecule has 1 saturated heterocycles. The highest BCUT2D eigenvalue weighted by atomic mass is 16.2. The van der Waals surface area contributed by atoms with Gasteiger partial charge in [0.05, 0.1) is 0 Å². The van der Waals surface area contributed by atoms with Crippen LogP contribution < -0.4 is 15.1 Å². The van der Waals surface area contributed by atoms with Crippen LogP contribution in [0.25, 0.3) is 0 Å². The third-order valence-electron chi connectivity index (χ3n) is 5.14. The fourth-order valence-electron chi connectivity index (χ4n) is 3.74. The van der Waals surface area contributed by atoms with Gasteiger partial charge >= 0.3 is 6.03 Å². The minimum atomic E-state index is -0.0817. The molecule has 0 unspecified atom stereocenters. The molecular weight excluding hydrogens is 326 g/mol. The first-order valence-electron chi connectivity index (χ1n) is 9.29. The van der Waals surface area contributed by atoms with Crippen molar-refractivity contribution in [3.8, 4) is 0 Å². The van der Waals surface area contributed by atoms with Gasteiger partial charge in [-0.25, -0.2) is 4.79 Å². The van der Waals surface area contributed by atoms with Crippen LogP contribution in [0.2, 0.25) is 0 Å². The fourth-order valence-corrected chi connectivity index (χ4v) is 3.74. The summed E-state index contributed by atoms with van der Waals surface area (Å²) in [5.74, 6) is 0.0248. The van der Waals surface area contributed by atoms with Crippen LogP contribution in [0.4, 0.5) is 16.2 Å². The second-order valence-corrected chi connectivity index (χ2v) is 6.83. The summed E-state index contributed by atoms with van der Waals surface area (Å²) in [5, 5.41) is 2.79. The summed E-state index contributed by atoms with van der Waals surface area (Å²) in [4.78, 5) is 28.5. The maximum Gasteiger partial charge on any atom is 0.321 e. The summed E-state index contributed by atoms with van der Waals surface area (Å²) in [6.07, 6.45) is 4.35. The molecule has 4 rings (SSSR count). The topological polar surface area (TPSA) is 52.7 Å². The molecule has 2 aromatic rings. The lowest BCUT2D eigenvalue weighted by Crippen LogP contribution is -2.33. The Morgan fingerprint density at radius 3 is 2.50 bits per heavy atom. The lowest BCUT2D eigenvalue weighted by Gasteiger charge is -2.27. The largest absolute Gasteiger partial charge is 0.336 e. The summed E-state index contributed by atoms with van der Waals surface area (Å²) in [5.41, 5.74) is 3.75. The van der Waals surface area contributed by atoms with E-state index in [1.807, 2.05) is 47.4 Å². The molecule has 0 radical (unpaired) electrons. The average molecular weight is 349 g/mol. The molecule has 2 heterocycles. The van der Waals surface area contributed by atoms with Crippen LogP contribution in [0.1, 0.15) is 35.2 Å². The number of amides is 3. The first-order chi connectivity index (χ1) is 12.7. The van der Waals surface area contributed by atoms with Crippen LogP contribution >= 0.6 is 0 Å². The van der Waals surface area contributed by atoms with E-state index in [-0.39, 0.29) is 11.9 Å². The molecule has 5 nitrogen and oxygen atoms in total. The second-order valence-electron chi connectivity index (χ2n) is 6.83. The Balaban J connectivity index is 1.60. The lowest BCUT2D eigenvalue weighted by atomic mass is 10.0. The second kappa shape index (κ2) is 7.20. The highest BCUT2D eigenvalue weighted by Crippen LogP contribution is 2.27. The van der Waals surface area contributed by atoms with Gasteiger partial charge in [0.25, 0.3) is 5.91 Å². The zero-order valence-electron chi connectivity index (χ0n) is 14.8. The minimum absolute atomic E-state index is 0.0248. The number of fused-ring (bicyclic) bond motifs is 1. The van der Waals surface area contributed by atoms with Crippen LogP contribution in [-0.2, 0) is 6.42 Å². The summed E-state index contributed by atoms with van der Waals surface area (Å²) in [6, 6.07) is 15.5. The zero-order chi connectivity index (χ0) is 17.9. The van der Waals surface area contributed by atoms with Gasteiger partial charge in [-0.05, 0) is 55.2 Å². The number of nitrogens with one attached hydrogen (secondary N) is 1. The molecule has 26 heavy (non-hydrogen) atoms. The number of anilines is 2. The molecule has 2 aliphatic rings. The molecule has 5 heteroatoms. The van der Waals surface area contributed by atoms with Crippen LogP contribution in [0, 0.1) is 0 Å². The van der Waals surface area contributed by atoms with E-state index in [1.54, 1.807) is 4.90 Å². The molecule has 1 fully saturated rings. The number of carbonyl (C=O) groups excluding carboxylic acids is 2. The molecule has 0 spiro atoms. The molecule has 0 bridgehead atoms. The normalized spacial score (nSPS) is 17.3. The molecule has 0 saturated carbocycles. The molecule has 2 aliphatic heterocycles. The van der Waals surface area contributed by atoms with Crippen molar-refractivity contribution in [1.29, 1.82) is 0 Å². The molecule has 3 amide bonds. The molecule has 0 atom stereocenters. The molecule has 134 valence electrons. The van der Waals surface area contributed by atoms with Gasteiger partial charge in [0.15, 0.2) is 0 Å². The van der Waals surface area contributed by atoms with Crippen LogP contribution in [0.5, 0.6) is 0 Å². The average Bonchev–Trinajstić information content (AvgIpc) is 3.08. The van der Waals surface area contributed by atoms with Crippen molar-refractivity contribution in [2.24, 2.45) is 0 Å². The van der Waals surface area contributed by atoms with E-state index in [4.69, 9.17) is 0 Å². The Morgan fingerprint density at radius 2 is 1.73 bits per heavy atom. The van der Waals surface area contributed by atoms with Crippen molar-refractivity contribution in [2.45, 2.75) is 25.7 Å². The maximum absolute atomic E-state index is 13.2. The Bertz CT molecular complexity index is 816. The number of nitrogens with zero attached hydrogens (tertiary/aromatic N) is 2. The minimum Gasteiger partial charge on any atom is -0.336 e. The summed E-state index contributed by atoms with van der Waals surface area (Å²) < 4.78 is 0. The van der Waals surface area contributed by atoms with Gasteiger partial charge in [-0.3, -0.25) is 9.69 Å². The van der Waals surface area contributed by atoms with Crippen molar-refractivity contribution < 1.29 is 9.59 Å². The van der Waals surface area contributed by atoms with E-state index in [1.165, 1.54) is 12.0 Å². The first-order valence-corrected chi connectivity index (χ1v) is 9.29. The van der Waals surface area contributed by atoms with Crippen molar-refractivity contribution in [1.82, 2.24) is 5.32 Å². The number of carbonyl (C=O) groups is 2. The Morgan fingerprint density at radius 1 is 0.923 bits per heavy atom. The number of hydrogen-bond acceptors (Lipinski definition) is 2.